The van der Waals surface area contributed by atoms with E-state index in [9.17, 15) is 4.79 Å². The predicted octanol–water partition coefficient (Wildman–Crippen LogP) is 2.33. The molecule has 0 unspecified atom stereocenters. The van der Waals surface area contributed by atoms with Gasteiger partial charge >= 0.3 is 5.97 Å². The fraction of sp³-hybridized carbons (Fsp3) is 0.286. The normalized spacial score (nSPS) is 10.5. The number of carbonyl (C=O) groups is 1. The Morgan fingerprint density at radius 1 is 1.37 bits per heavy atom. The second kappa shape index (κ2) is 5.14. The molecule has 0 spiro atoms. The number of aromatic amines is 1. The van der Waals surface area contributed by atoms with Crippen LogP contribution in [-0.4, -0.2) is 28.2 Å². The van der Waals surface area contributed by atoms with Gasteiger partial charge in [0, 0.05) is 5.56 Å². The first-order valence-corrected chi connectivity index (χ1v) is 5.92. The molecule has 1 aromatic heterocycles. The number of aliphatic carboxylic acids is 1. The second-order valence-corrected chi connectivity index (χ2v) is 4.44. The molecule has 0 fully saturated rings. The summed E-state index contributed by atoms with van der Waals surface area (Å²) in [5, 5.41) is 8.90. The largest absolute Gasteiger partial charge is 0.496 e. The molecular formula is C14H16N2O3. The summed E-state index contributed by atoms with van der Waals surface area (Å²) in [5.74, 6) is -0.199. The predicted molar refractivity (Wildman–Crippen MR) is 71.4 cm³/mol. The maximum Gasteiger partial charge on any atom is 0.309 e. The molecular weight excluding hydrogens is 244 g/mol. The van der Waals surface area contributed by atoms with Crippen LogP contribution >= 0.6 is 0 Å². The van der Waals surface area contributed by atoms with E-state index in [1.54, 1.807) is 7.11 Å². The molecule has 100 valence electrons. The Balaban J connectivity index is 2.55. The number of hydrogen-bond acceptors (Lipinski definition) is 3. The molecule has 2 aromatic rings. The second-order valence-electron chi connectivity index (χ2n) is 4.44. The van der Waals surface area contributed by atoms with Crippen molar-refractivity contribution in [3.63, 3.8) is 0 Å². The monoisotopic (exact) mass is 260 g/mol. The summed E-state index contributed by atoms with van der Waals surface area (Å²) in [4.78, 5) is 17.9. The first-order chi connectivity index (χ1) is 9.02. The third-order valence-electron chi connectivity index (χ3n) is 3.12. The number of carboxylic acid groups (broad SMARTS) is 1. The minimum absolute atomic E-state index is 0.0919. The number of hydrogen-bond donors (Lipinski definition) is 2. The molecule has 0 aliphatic heterocycles. The van der Waals surface area contributed by atoms with Crippen LogP contribution in [0.4, 0.5) is 0 Å². The Bertz CT molecular complexity index is 617. The van der Waals surface area contributed by atoms with Gasteiger partial charge in [0.25, 0.3) is 0 Å². The van der Waals surface area contributed by atoms with Crippen LogP contribution < -0.4 is 4.74 Å². The van der Waals surface area contributed by atoms with Crippen LogP contribution in [0.2, 0.25) is 0 Å². The van der Waals surface area contributed by atoms with Crippen LogP contribution in [0, 0.1) is 13.8 Å². The molecule has 0 saturated heterocycles. The number of aryl methyl sites for hydroxylation is 2. The third kappa shape index (κ3) is 2.59. The van der Waals surface area contributed by atoms with Crippen molar-refractivity contribution in [2.75, 3.05) is 7.11 Å². The Kier molecular flexibility index (Phi) is 3.55. The highest BCUT2D eigenvalue weighted by molar-refractivity contribution is 5.76. The number of nitrogens with zero attached hydrogens (tertiary/aromatic N) is 1. The van der Waals surface area contributed by atoms with Gasteiger partial charge in [0.05, 0.1) is 31.2 Å². The maximum absolute atomic E-state index is 10.8. The van der Waals surface area contributed by atoms with Crippen molar-refractivity contribution in [3.8, 4) is 17.0 Å². The molecule has 19 heavy (non-hydrogen) atoms. The summed E-state index contributed by atoms with van der Waals surface area (Å²) in [5.41, 5.74) is 4.25. The van der Waals surface area contributed by atoms with Crippen molar-refractivity contribution >= 4 is 5.97 Å². The minimum Gasteiger partial charge on any atom is -0.496 e. The van der Waals surface area contributed by atoms with E-state index in [1.807, 2.05) is 26.0 Å². The summed E-state index contributed by atoms with van der Waals surface area (Å²) in [6.45, 7) is 4.01. The number of ether oxygens (including phenoxy) is 1. The molecule has 0 bridgehead atoms. The van der Waals surface area contributed by atoms with Crippen molar-refractivity contribution in [2.24, 2.45) is 0 Å². The van der Waals surface area contributed by atoms with Gasteiger partial charge in [0.2, 0.25) is 0 Å². The number of nitrogens with one attached hydrogen (secondary N) is 1. The van der Waals surface area contributed by atoms with Crippen LogP contribution in [0.25, 0.3) is 11.3 Å². The van der Waals surface area contributed by atoms with E-state index in [2.05, 4.69) is 9.97 Å². The summed E-state index contributed by atoms with van der Waals surface area (Å²) in [6, 6.07) is 3.90. The van der Waals surface area contributed by atoms with E-state index in [0.717, 1.165) is 16.7 Å². The lowest BCUT2D eigenvalue weighted by molar-refractivity contribution is -0.136. The van der Waals surface area contributed by atoms with Gasteiger partial charge in [0.15, 0.2) is 0 Å². The van der Waals surface area contributed by atoms with Gasteiger partial charge < -0.3 is 14.8 Å². The average molecular weight is 260 g/mol. The molecule has 2 rings (SSSR count). The van der Waals surface area contributed by atoms with Gasteiger partial charge in [-0.2, -0.15) is 0 Å². The summed E-state index contributed by atoms with van der Waals surface area (Å²) < 4.78 is 5.36. The van der Waals surface area contributed by atoms with Crippen LogP contribution in [-0.2, 0) is 11.2 Å². The van der Waals surface area contributed by atoms with Crippen LogP contribution in [0.15, 0.2) is 18.5 Å². The summed E-state index contributed by atoms with van der Waals surface area (Å²) >= 11 is 0. The van der Waals surface area contributed by atoms with Gasteiger partial charge in [-0.15, -0.1) is 0 Å². The summed E-state index contributed by atoms with van der Waals surface area (Å²) in [7, 11) is 1.59. The number of benzene rings is 1. The van der Waals surface area contributed by atoms with Gasteiger partial charge in [-0.3, -0.25) is 4.79 Å². The van der Waals surface area contributed by atoms with Gasteiger partial charge in [-0.1, -0.05) is 0 Å². The van der Waals surface area contributed by atoms with E-state index in [1.165, 1.54) is 6.33 Å². The molecule has 0 saturated carbocycles. The number of methoxy groups -OCH3 is 1. The van der Waals surface area contributed by atoms with Crippen molar-refractivity contribution in [1.82, 2.24) is 9.97 Å². The zero-order valence-corrected chi connectivity index (χ0v) is 11.2. The number of aromatic nitrogens is 2. The highest BCUT2D eigenvalue weighted by Crippen LogP contribution is 2.33. The van der Waals surface area contributed by atoms with E-state index < -0.39 is 5.97 Å². The molecule has 2 N–H and O–H groups in total. The smallest absolute Gasteiger partial charge is 0.309 e. The maximum atomic E-state index is 10.8. The van der Waals surface area contributed by atoms with Crippen molar-refractivity contribution < 1.29 is 14.6 Å². The van der Waals surface area contributed by atoms with E-state index in [-0.39, 0.29) is 6.42 Å². The van der Waals surface area contributed by atoms with E-state index in [0.29, 0.717) is 17.1 Å². The first kappa shape index (κ1) is 13.1. The highest BCUT2D eigenvalue weighted by atomic mass is 16.5. The molecule has 0 amide bonds. The number of H-pyrrole nitrogens is 1. The lowest BCUT2D eigenvalue weighted by Gasteiger charge is -2.11. The molecule has 0 aliphatic carbocycles. The van der Waals surface area contributed by atoms with Crippen LogP contribution in [0.5, 0.6) is 5.75 Å². The lowest BCUT2D eigenvalue weighted by Crippen LogP contribution is -2.02. The Morgan fingerprint density at radius 3 is 2.68 bits per heavy atom. The average Bonchev–Trinajstić information content (AvgIpc) is 2.79. The molecule has 5 heteroatoms. The van der Waals surface area contributed by atoms with Crippen molar-refractivity contribution in [3.05, 3.63) is 35.3 Å². The fourth-order valence-electron chi connectivity index (χ4n) is 1.98. The topological polar surface area (TPSA) is 75.2 Å². The fourth-order valence-corrected chi connectivity index (χ4v) is 1.98. The SMILES string of the molecule is COc1cc(C)c(C)cc1-c1nc[nH]c1CC(=O)O. The lowest BCUT2D eigenvalue weighted by atomic mass is 10.0. The zero-order valence-electron chi connectivity index (χ0n) is 11.2. The standard InChI is InChI=1S/C14H16N2O3/c1-8-4-10(12(19-3)5-9(8)2)14-11(6-13(17)18)15-7-16-14/h4-5,7H,6H2,1-3H3,(H,15,16)(H,17,18). The Hall–Kier alpha value is -2.30. The molecule has 1 aromatic carbocycles. The Morgan fingerprint density at radius 2 is 2.05 bits per heavy atom. The number of rotatable bonds is 4. The van der Waals surface area contributed by atoms with Crippen LogP contribution in [0.3, 0.4) is 0 Å². The minimum atomic E-state index is -0.895. The van der Waals surface area contributed by atoms with E-state index in [4.69, 9.17) is 9.84 Å². The molecule has 5 nitrogen and oxygen atoms in total. The molecule has 0 radical (unpaired) electrons. The van der Waals surface area contributed by atoms with Gasteiger partial charge in [-0.05, 0) is 37.1 Å². The molecule has 0 atom stereocenters. The summed E-state index contributed by atoms with van der Waals surface area (Å²) in [6.07, 6.45) is 1.41. The third-order valence-corrected chi connectivity index (χ3v) is 3.12. The quantitative estimate of drug-likeness (QED) is 0.884. The van der Waals surface area contributed by atoms with E-state index >= 15 is 0 Å². The molecule has 1 heterocycles. The highest BCUT2D eigenvalue weighted by Gasteiger charge is 2.16. The van der Waals surface area contributed by atoms with Crippen LogP contribution in [0.1, 0.15) is 16.8 Å². The first-order valence-electron chi connectivity index (χ1n) is 5.92. The van der Waals surface area contributed by atoms with Crippen molar-refractivity contribution in [2.45, 2.75) is 20.3 Å². The number of imidazole rings is 1. The van der Waals surface area contributed by atoms with Gasteiger partial charge in [-0.25, -0.2) is 4.98 Å². The van der Waals surface area contributed by atoms with Crippen molar-refractivity contribution in [1.29, 1.82) is 0 Å². The van der Waals surface area contributed by atoms with Gasteiger partial charge in [0.1, 0.15) is 5.75 Å². The molecule has 0 aliphatic rings. The Labute approximate surface area is 111 Å². The zero-order chi connectivity index (χ0) is 14.0. The number of carboxylic acids is 1.